The van der Waals surface area contributed by atoms with Crippen molar-refractivity contribution in [3.05, 3.63) is 30.3 Å². The molecular formula is C15H22N4O2S2. The van der Waals surface area contributed by atoms with Crippen LogP contribution in [0.25, 0.3) is 0 Å². The fourth-order valence-electron chi connectivity index (χ4n) is 1.72. The Labute approximate surface area is 147 Å². The standard InChI is InChI=1S/C15H22N4O2S2/c1-21-13(20)10-6-3-7-11-16-14(22)18-19-15(23)17-12-8-4-2-5-9-12/h2,4-5,8-9H,3,6-7,10-11H2,1H3,(H2,16,18,22)(H2,17,19,23). The summed E-state index contributed by atoms with van der Waals surface area (Å²) in [4.78, 5) is 10.9. The molecule has 0 spiro atoms. The van der Waals surface area contributed by atoms with E-state index in [-0.39, 0.29) is 5.97 Å². The van der Waals surface area contributed by atoms with Crippen LogP contribution in [0.15, 0.2) is 30.3 Å². The van der Waals surface area contributed by atoms with Gasteiger partial charge in [0.15, 0.2) is 10.2 Å². The largest absolute Gasteiger partial charge is 0.469 e. The molecule has 0 heterocycles. The third-order valence-electron chi connectivity index (χ3n) is 2.89. The number of hydrogen-bond donors (Lipinski definition) is 4. The maximum Gasteiger partial charge on any atom is 0.305 e. The van der Waals surface area contributed by atoms with E-state index in [0.29, 0.717) is 16.6 Å². The molecule has 0 bridgehead atoms. The lowest BCUT2D eigenvalue weighted by molar-refractivity contribution is -0.140. The average Bonchev–Trinajstić information content (AvgIpc) is 2.56. The number of esters is 1. The van der Waals surface area contributed by atoms with Gasteiger partial charge in [-0.25, -0.2) is 0 Å². The van der Waals surface area contributed by atoms with Gasteiger partial charge in [0.2, 0.25) is 0 Å². The summed E-state index contributed by atoms with van der Waals surface area (Å²) in [6.07, 6.45) is 3.13. The maximum absolute atomic E-state index is 10.9. The minimum Gasteiger partial charge on any atom is -0.469 e. The molecule has 0 aliphatic heterocycles. The highest BCUT2D eigenvalue weighted by molar-refractivity contribution is 7.80. The topological polar surface area (TPSA) is 74.4 Å². The number of rotatable bonds is 7. The van der Waals surface area contributed by atoms with E-state index in [1.54, 1.807) is 0 Å². The van der Waals surface area contributed by atoms with Crippen LogP contribution in [0.3, 0.4) is 0 Å². The third kappa shape index (κ3) is 9.64. The van der Waals surface area contributed by atoms with Gasteiger partial charge in [0.05, 0.1) is 7.11 Å². The molecule has 4 N–H and O–H groups in total. The summed E-state index contributed by atoms with van der Waals surface area (Å²) in [6, 6.07) is 9.61. The second-order valence-corrected chi connectivity index (χ2v) is 5.53. The molecule has 6 nitrogen and oxygen atoms in total. The number of benzene rings is 1. The Bertz CT molecular complexity index is 511. The Kier molecular flexibility index (Phi) is 9.65. The number of thiocarbonyl (C=S) groups is 2. The molecule has 8 heteroatoms. The summed E-state index contributed by atoms with van der Waals surface area (Å²) >= 11 is 10.3. The Morgan fingerprint density at radius 1 is 1.04 bits per heavy atom. The molecule has 0 saturated heterocycles. The predicted molar refractivity (Wildman–Crippen MR) is 100 cm³/mol. The first-order valence-corrected chi connectivity index (χ1v) is 8.16. The number of hydrogen-bond acceptors (Lipinski definition) is 4. The summed E-state index contributed by atoms with van der Waals surface area (Å²) in [5.74, 6) is -0.168. The summed E-state index contributed by atoms with van der Waals surface area (Å²) in [6.45, 7) is 0.730. The first kappa shape index (κ1) is 19.1. The van der Waals surface area contributed by atoms with E-state index in [1.165, 1.54) is 7.11 Å². The smallest absolute Gasteiger partial charge is 0.305 e. The summed E-state index contributed by atoms with van der Waals surface area (Å²) in [5.41, 5.74) is 6.52. The van der Waals surface area contributed by atoms with Crippen molar-refractivity contribution < 1.29 is 9.53 Å². The Morgan fingerprint density at radius 3 is 2.43 bits per heavy atom. The van der Waals surface area contributed by atoms with Crippen LogP contribution < -0.4 is 21.5 Å². The molecule has 0 amide bonds. The molecule has 126 valence electrons. The van der Waals surface area contributed by atoms with Gasteiger partial charge in [-0.3, -0.25) is 15.6 Å². The second kappa shape index (κ2) is 11.6. The number of carbonyl (C=O) groups excluding carboxylic acids is 1. The summed E-state index contributed by atoms with van der Waals surface area (Å²) < 4.78 is 4.58. The lowest BCUT2D eigenvalue weighted by Gasteiger charge is -2.14. The number of nitrogens with one attached hydrogen (secondary N) is 4. The fraction of sp³-hybridized carbons (Fsp3) is 0.400. The number of hydrazine groups is 1. The Balaban J connectivity index is 2.03. The van der Waals surface area contributed by atoms with Gasteiger partial charge >= 0.3 is 5.97 Å². The van der Waals surface area contributed by atoms with Crippen molar-refractivity contribution in [2.45, 2.75) is 25.7 Å². The highest BCUT2D eigenvalue weighted by atomic mass is 32.1. The third-order valence-corrected chi connectivity index (χ3v) is 3.34. The molecule has 0 aliphatic carbocycles. The van der Waals surface area contributed by atoms with Crippen LogP contribution in [-0.4, -0.2) is 29.8 Å². The number of unbranched alkanes of at least 4 members (excludes halogenated alkanes) is 2. The van der Waals surface area contributed by atoms with Crippen LogP contribution >= 0.6 is 24.4 Å². The second-order valence-electron chi connectivity index (χ2n) is 4.71. The van der Waals surface area contributed by atoms with Gasteiger partial charge in [-0.05, 0) is 49.4 Å². The van der Waals surface area contributed by atoms with Crippen LogP contribution in [0.1, 0.15) is 25.7 Å². The van der Waals surface area contributed by atoms with Gasteiger partial charge < -0.3 is 15.4 Å². The van der Waals surface area contributed by atoms with Crippen molar-refractivity contribution in [1.82, 2.24) is 16.2 Å². The monoisotopic (exact) mass is 354 g/mol. The van der Waals surface area contributed by atoms with E-state index in [0.717, 1.165) is 31.5 Å². The predicted octanol–water partition coefficient (Wildman–Crippen LogP) is 2.09. The lowest BCUT2D eigenvalue weighted by atomic mass is 10.2. The van der Waals surface area contributed by atoms with E-state index in [1.807, 2.05) is 30.3 Å². The van der Waals surface area contributed by atoms with Crippen LogP contribution in [0.4, 0.5) is 5.69 Å². The van der Waals surface area contributed by atoms with Gasteiger partial charge in [0, 0.05) is 18.7 Å². The van der Waals surface area contributed by atoms with Gasteiger partial charge in [0.1, 0.15) is 0 Å². The molecule has 0 saturated carbocycles. The molecule has 0 aliphatic rings. The Hall–Kier alpha value is -1.93. The van der Waals surface area contributed by atoms with E-state index >= 15 is 0 Å². The van der Waals surface area contributed by atoms with Crippen LogP contribution in [-0.2, 0) is 9.53 Å². The van der Waals surface area contributed by atoms with E-state index < -0.39 is 0 Å². The molecule has 23 heavy (non-hydrogen) atoms. The van der Waals surface area contributed by atoms with Crippen molar-refractivity contribution in [3.63, 3.8) is 0 Å². The number of carbonyl (C=O) groups is 1. The number of anilines is 1. The van der Waals surface area contributed by atoms with Gasteiger partial charge in [-0.1, -0.05) is 24.6 Å². The number of ether oxygens (including phenoxy) is 1. The van der Waals surface area contributed by atoms with E-state index in [9.17, 15) is 4.79 Å². The number of methoxy groups -OCH3 is 1. The molecule has 1 aromatic rings. The summed E-state index contributed by atoms with van der Waals surface area (Å²) in [5, 5.41) is 6.98. The first-order chi connectivity index (χ1) is 11.1. The first-order valence-electron chi connectivity index (χ1n) is 7.34. The fourth-order valence-corrected chi connectivity index (χ4v) is 2.04. The molecule has 0 aromatic heterocycles. The maximum atomic E-state index is 10.9. The van der Waals surface area contributed by atoms with Crippen LogP contribution in [0.2, 0.25) is 0 Å². The van der Waals surface area contributed by atoms with Crippen LogP contribution in [0, 0.1) is 0 Å². The van der Waals surface area contributed by atoms with Crippen molar-refractivity contribution in [2.24, 2.45) is 0 Å². The molecule has 1 aromatic carbocycles. The average molecular weight is 355 g/mol. The van der Waals surface area contributed by atoms with Crippen LogP contribution in [0.5, 0.6) is 0 Å². The van der Waals surface area contributed by atoms with E-state index in [4.69, 9.17) is 24.4 Å². The number of para-hydroxylation sites is 1. The molecule has 0 atom stereocenters. The Morgan fingerprint density at radius 2 is 1.74 bits per heavy atom. The van der Waals surface area contributed by atoms with Gasteiger partial charge in [0.25, 0.3) is 0 Å². The highest BCUT2D eigenvalue weighted by Gasteiger charge is 2.00. The zero-order valence-electron chi connectivity index (χ0n) is 13.1. The normalized spacial score (nSPS) is 9.61. The van der Waals surface area contributed by atoms with Crippen molar-refractivity contribution in [2.75, 3.05) is 19.0 Å². The molecule has 0 unspecified atom stereocenters. The van der Waals surface area contributed by atoms with Gasteiger partial charge in [-0.2, -0.15) is 0 Å². The SMILES string of the molecule is COC(=O)CCCCCNC(=S)NNC(=S)Nc1ccccc1. The lowest BCUT2D eigenvalue weighted by Crippen LogP contribution is -2.48. The zero-order chi connectivity index (χ0) is 16.9. The molecular weight excluding hydrogens is 332 g/mol. The van der Waals surface area contributed by atoms with E-state index in [2.05, 4.69) is 26.2 Å². The summed E-state index contributed by atoms with van der Waals surface area (Å²) in [7, 11) is 1.40. The van der Waals surface area contributed by atoms with Crippen molar-refractivity contribution >= 4 is 46.3 Å². The minimum absolute atomic E-state index is 0.168. The quantitative estimate of drug-likeness (QED) is 0.257. The zero-order valence-corrected chi connectivity index (χ0v) is 14.7. The van der Waals surface area contributed by atoms with Crippen molar-refractivity contribution in [1.29, 1.82) is 0 Å². The molecule has 1 rings (SSSR count). The molecule has 0 fully saturated rings. The van der Waals surface area contributed by atoms with Crippen molar-refractivity contribution in [3.8, 4) is 0 Å². The molecule has 0 radical (unpaired) electrons. The highest BCUT2D eigenvalue weighted by Crippen LogP contribution is 2.04. The van der Waals surface area contributed by atoms with Gasteiger partial charge in [-0.15, -0.1) is 0 Å². The minimum atomic E-state index is -0.168.